The predicted octanol–water partition coefficient (Wildman–Crippen LogP) is 3.61. The van der Waals surface area contributed by atoms with Crippen LogP contribution in [-0.2, 0) is 9.53 Å². The average Bonchev–Trinajstić information content (AvgIpc) is 2.30. The molecule has 1 aromatic carbocycles. The van der Waals surface area contributed by atoms with Crippen molar-refractivity contribution in [2.24, 2.45) is 0 Å². The van der Waals surface area contributed by atoms with Crippen LogP contribution >= 0.6 is 0 Å². The van der Waals surface area contributed by atoms with Crippen LogP contribution in [0.2, 0.25) is 0 Å². The lowest BCUT2D eigenvalue weighted by molar-refractivity contribution is -0.137. The molecule has 0 aromatic heterocycles. The van der Waals surface area contributed by atoms with E-state index in [0.29, 0.717) is 6.61 Å². The lowest BCUT2D eigenvalue weighted by atomic mass is 9.95. The molecule has 0 aliphatic carbocycles. The van der Waals surface area contributed by atoms with Crippen LogP contribution in [0.25, 0.3) is 0 Å². The zero-order valence-electron chi connectivity index (χ0n) is 10.8. The van der Waals surface area contributed by atoms with E-state index < -0.39 is 0 Å². The van der Waals surface area contributed by atoms with Gasteiger partial charge in [-0.2, -0.15) is 0 Å². The van der Waals surface area contributed by atoms with Crippen LogP contribution in [0.1, 0.15) is 37.3 Å². The smallest absolute Gasteiger partial charge is 0.330 e. The molecule has 0 heterocycles. The Hall–Kier alpha value is -1.57. The molecular weight excluding hydrogens is 212 g/mol. The van der Waals surface area contributed by atoms with Crippen LogP contribution in [0.4, 0.5) is 0 Å². The SMILES string of the molecule is CCOC(=O)/C=C/C(CC)c1cccc(C)c1. The Morgan fingerprint density at radius 3 is 2.76 bits per heavy atom. The third-order valence-electron chi connectivity index (χ3n) is 2.66. The molecule has 0 aliphatic heterocycles. The fourth-order valence-electron chi connectivity index (χ4n) is 1.77. The number of aryl methyl sites for hydroxylation is 1. The van der Waals surface area contributed by atoms with Gasteiger partial charge in [0.15, 0.2) is 0 Å². The molecule has 0 aliphatic rings. The van der Waals surface area contributed by atoms with Gasteiger partial charge in [-0.05, 0) is 25.8 Å². The summed E-state index contributed by atoms with van der Waals surface area (Å²) in [7, 11) is 0. The molecular formula is C15H20O2. The van der Waals surface area contributed by atoms with Crippen molar-refractivity contribution in [3.05, 3.63) is 47.5 Å². The molecule has 17 heavy (non-hydrogen) atoms. The molecule has 1 aromatic rings. The maximum Gasteiger partial charge on any atom is 0.330 e. The fraction of sp³-hybridized carbons (Fsp3) is 0.400. The lowest BCUT2D eigenvalue weighted by Gasteiger charge is -2.11. The maximum absolute atomic E-state index is 11.3. The van der Waals surface area contributed by atoms with Gasteiger partial charge in [-0.25, -0.2) is 4.79 Å². The molecule has 2 nitrogen and oxygen atoms in total. The van der Waals surface area contributed by atoms with Gasteiger partial charge < -0.3 is 4.74 Å². The molecule has 0 radical (unpaired) electrons. The van der Waals surface area contributed by atoms with E-state index in [9.17, 15) is 4.79 Å². The van der Waals surface area contributed by atoms with Crippen molar-refractivity contribution >= 4 is 5.97 Å². The van der Waals surface area contributed by atoms with Crippen molar-refractivity contribution in [3.63, 3.8) is 0 Å². The number of hydrogen-bond acceptors (Lipinski definition) is 2. The van der Waals surface area contributed by atoms with Gasteiger partial charge >= 0.3 is 5.97 Å². The molecule has 0 bridgehead atoms. The minimum atomic E-state index is -0.265. The highest BCUT2D eigenvalue weighted by atomic mass is 16.5. The summed E-state index contributed by atoms with van der Waals surface area (Å²) >= 11 is 0. The van der Waals surface area contributed by atoms with Crippen molar-refractivity contribution in [1.82, 2.24) is 0 Å². The number of rotatable bonds is 5. The zero-order valence-corrected chi connectivity index (χ0v) is 10.8. The summed E-state index contributed by atoms with van der Waals surface area (Å²) in [6, 6.07) is 8.37. The second-order valence-electron chi connectivity index (χ2n) is 4.04. The maximum atomic E-state index is 11.3. The second kappa shape index (κ2) is 6.89. The van der Waals surface area contributed by atoms with E-state index in [4.69, 9.17) is 4.74 Å². The summed E-state index contributed by atoms with van der Waals surface area (Å²) in [6.45, 7) is 6.42. The molecule has 0 N–H and O–H groups in total. The molecule has 0 saturated heterocycles. The van der Waals surface area contributed by atoms with E-state index in [1.54, 1.807) is 0 Å². The molecule has 0 spiro atoms. The first-order valence-electron chi connectivity index (χ1n) is 6.08. The van der Waals surface area contributed by atoms with Crippen LogP contribution in [0.5, 0.6) is 0 Å². The van der Waals surface area contributed by atoms with Gasteiger partial charge in [0, 0.05) is 12.0 Å². The van der Waals surface area contributed by atoms with Crippen LogP contribution in [0, 0.1) is 6.92 Å². The van der Waals surface area contributed by atoms with E-state index >= 15 is 0 Å². The molecule has 1 rings (SSSR count). The first-order chi connectivity index (χ1) is 8.17. The van der Waals surface area contributed by atoms with E-state index in [0.717, 1.165) is 6.42 Å². The van der Waals surface area contributed by atoms with Crippen molar-refractivity contribution in [2.75, 3.05) is 6.61 Å². The minimum Gasteiger partial charge on any atom is -0.463 e. The quantitative estimate of drug-likeness (QED) is 0.572. The van der Waals surface area contributed by atoms with Crippen LogP contribution in [-0.4, -0.2) is 12.6 Å². The molecule has 0 saturated carbocycles. The highest BCUT2D eigenvalue weighted by Crippen LogP contribution is 2.21. The van der Waals surface area contributed by atoms with Gasteiger partial charge in [0.2, 0.25) is 0 Å². The highest BCUT2D eigenvalue weighted by molar-refractivity contribution is 5.82. The number of hydrogen-bond donors (Lipinski definition) is 0. The first-order valence-corrected chi connectivity index (χ1v) is 6.08. The van der Waals surface area contributed by atoms with Crippen molar-refractivity contribution < 1.29 is 9.53 Å². The molecule has 92 valence electrons. The Morgan fingerprint density at radius 2 is 2.18 bits per heavy atom. The van der Waals surface area contributed by atoms with Gasteiger partial charge in [-0.3, -0.25) is 0 Å². The molecule has 0 fully saturated rings. The summed E-state index contributed by atoms with van der Waals surface area (Å²) in [6.07, 6.45) is 4.42. The molecule has 1 atom stereocenters. The standard InChI is InChI=1S/C15H20O2/c1-4-13(9-10-15(16)17-5-2)14-8-6-7-12(3)11-14/h6-11,13H,4-5H2,1-3H3/b10-9+. The van der Waals surface area contributed by atoms with Crippen molar-refractivity contribution in [3.8, 4) is 0 Å². The second-order valence-corrected chi connectivity index (χ2v) is 4.04. The number of carbonyl (C=O) groups excluding carboxylic acids is 1. The van der Waals surface area contributed by atoms with Crippen LogP contribution in [0.15, 0.2) is 36.4 Å². The number of carbonyl (C=O) groups is 1. The average molecular weight is 232 g/mol. The van der Waals surface area contributed by atoms with Crippen molar-refractivity contribution in [1.29, 1.82) is 0 Å². The first kappa shape index (κ1) is 13.5. The van der Waals surface area contributed by atoms with Gasteiger partial charge in [0.1, 0.15) is 0 Å². The normalized spacial score (nSPS) is 12.6. The number of benzene rings is 1. The highest BCUT2D eigenvalue weighted by Gasteiger charge is 2.06. The molecule has 1 unspecified atom stereocenters. The van der Waals surface area contributed by atoms with E-state index in [2.05, 4.69) is 32.0 Å². The Balaban J connectivity index is 2.75. The third kappa shape index (κ3) is 4.43. The Morgan fingerprint density at radius 1 is 1.41 bits per heavy atom. The lowest BCUT2D eigenvalue weighted by Crippen LogP contribution is -2.01. The summed E-state index contributed by atoms with van der Waals surface area (Å²) < 4.78 is 4.87. The number of esters is 1. The van der Waals surface area contributed by atoms with E-state index in [1.165, 1.54) is 17.2 Å². The monoisotopic (exact) mass is 232 g/mol. The number of ether oxygens (including phenoxy) is 1. The van der Waals surface area contributed by atoms with Gasteiger partial charge in [0.25, 0.3) is 0 Å². The van der Waals surface area contributed by atoms with Gasteiger partial charge in [-0.15, -0.1) is 0 Å². The topological polar surface area (TPSA) is 26.3 Å². The molecule has 2 heteroatoms. The molecule has 0 amide bonds. The van der Waals surface area contributed by atoms with Gasteiger partial charge in [-0.1, -0.05) is 42.8 Å². The van der Waals surface area contributed by atoms with Crippen LogP contribution in [0.3, 0.4) is 0 Å². The third-order valence-corrected chi connectivity index (χ3v) is 2.66. The fourth-order valence-corrected chi connectivity index (χ4v) is 1.77. The zero-order chi connectivity index (χ0) is 12.7. The summed E-state index contributed by atoms with van der Waals surface area (Å²) in [5, 5.41) is 0. The largest absolute Gasteiger partial charge is 0.463 e. The Bertz CT molecular complexity index is 394. The Kier molecular flexibility index (Phi) is 5.47. The summed E-state index contributed by atoms with van der Waals surface area (Å²) in [4.78, 5) is 11.3. The van der Waals surface area contributed by atoms with E-state index in [-0.39, 0.29) is 11.9 Å². The minimum absolute atomic E-state index is 0.265. The number of allylic oxidation sites excluding steroid dienone is 1. The summed E-state index contributed by atoms with van der Waals surface area (Å²) in [5.74, 6) is 0.0120. The van der Waals surface area contributed by atoms with Gasteiger partial charge in [0.05, 0.1) is 6.61 Å². The summed E-state index contributed by atoms with van der Waals surface area (Å²) in [5.41, 5.74) is 2.48. The predicted molar refractivity (Wildman–Crippen MR) is 70.0 cm³/mol. The van der Waals surface area contributed by atoms with E-state index in [1.807, 2.05) is 19.1 Å². The van der Waals surface area contributed by atoms with Crippen LogP contribution < -0.4 is 0 Å². The Labute approximate surface area is 103 Å². The van der Waals surface area contributed by atoms with Crippen molar-refractivity contribution in [2.45, 2.75) is 33.1 Å².